The molecule has 2 heteroatoms. The van der Waals surface area contributed by atoms with Crippen molar-refractivity contribution in [1.29, 1.82) is 0 Å². The molecule has 1 rings (SSSR count). The fourth-order valence-corrected chi connectivity index (χ4v) is 2.92. The Morgan fingerprint density at radius 2 is 1.60 bits per heavy atom. The second kappa shape index (κ2) is 6.69. The zero-order chi connectivity index (χ0) is 11.1. The summed E-state index contributed by atoms with van der Waals surface area (Å²) in [7, 11) is -0.879. The van der Waals surface area contributed by atoms with Gasteiger partial charge in [-0.3, -0.25) is 0 Å². The van der Waals surface area contributed by atoms with Gasteiger partial charge in [-0.2, -0.15) is 0 Å². The van der Waals surface area contributed by atoms with Gasteiger partial charge in [-0.05, 0) is 24.8 Å². The van der Waals surface area contributed by atoms with E-state index in [1.807, 2.05) is 0 Å². The lowest BCUT2D eigenvalue weighted by molar-refractivity contribution is 0.104. The molecule has 15 heavy (non-hydrogen) atoms. The molecule has 1 nitrogen and oxygen atoms in total. The van der Waals surface area contributed by atoms with Crippen molar-refractivity contribution in [2.24, 2.45) is 5.92 Å². The second-order valence-electron chi connectivity index (χ2n) is 6.24. The second-order valence-corrected chi connectivity index (χ2v) is 11.9. The van der Waals surface area contributed by atoms with Crippen LogP contribution in [0.25, 0.3) is 0 Å². The maximum atomic E-state index is 5.84. The number of rotatable bonds is 5. The summed E-state index contributed by atoms with van der Waals surface area (Å²) in [4.78, 5) is 0. The highest BCUT2D eigenvalue weighted by Gasteiger charge is 2.14. The maximum absolute atomic E-state index is 5.84. The molecule has 0 saturated heterocycles. The first-order valence-corrected chi connectivity index (χ1v) is 10.4. The Balaban J connectivity index is 2.03. The predicted octanol–water partition coefficient (Wildman–Crippen LogP) is 4.31. The van der Waals surface area contributed by atoms with Gasteiger partial charge in [-0.15, -0.1) is 0 Å². The summed E-state index contributed by atoms with van der Waals surface area (Å²) in [6.45, 7) is 9.29. The van der Waals surface area contributed by atoms with E-state index < -0.39 is 8.07 Å². The quantitative estimate of drug-likeness (QED) is 0.387. The topological polar surface area (TPSA) is 9.23 Å². The van der Waals surface area contributed by atoms with Gasteiger partial charge in [0.05, 0.1) is 0 Å². The molecule has 0 spiro atoms. The van der Waals surface area contributed by atoms with E-state index >= 15 is 0 Å². The van der Waals surface area contributed by atoms with E-state index in [9.17, 15) is 0 Å². The molecule has 0 aromatic rings. The molecule has 0 amide bonds. The molecule has 1 aliphatic carbocycles. The van der Waals surface area contributed by atoms with Gasteiger partial charge >= 0.3 is 0 Å². The zero-order valence-electron chi connectivity index (χ0n) is 10.8. The van der Waals surface area contributed by atoms with Crippen molar-refractivity contribution in [3.8, 4) is 0 Å². The molecule has 0 unspecified atom stereocenters. The molecule has 0 aromatic carbocycles. The van der Waals surface area contributed by atoms with Crippen molar-refractivity contribution < 1.29 is 4.74 Å². The molecule has 1 aliphatic rings. The summed E-state index contributed by atoms with van der Waals surface area (Å²) in [6.07, 6.45) is 8.58. The van der Waals surface area contributed by atoms with E-state index in [4.69, 9.17) is 4.74 Å². The van der Waals surface area contributed by atoms with E-state index in [2.05, 4.69) is 19.6 Å². The number of hydrogen-bond acceptors (Lipinski definition) is 1. The van der Waals surface area contributed by atoms with Crippen molar-refractivity contribution in [3.05, 3.63) is 0 Å². The van der Waals surface area contributed by atoms with Crippen molar-refractivity contribution >= 4 is 8.07 Å². The molecule has 0 aromatic heterocycles. The van der Waals surface area contributed by atoms with Crippen LogP contribution in [0.3, 0.4) is 0 Å². The normalized spacial score (nSPS) is 20.2. The van der Waals surface area contributed by atoms with E-state index in [1.54, 1.807) is 0 Å². The molecule has 0 atom stereocenters. The van der Waals surface area contributed by atoms with Gasteiger partial charge in [-0.25, -0.2) is 0 Å². The van der Waals surface area contributed by atoms with Crippen LogP contribution >= 0.6 is 0 Å². The first-order chi connectivity index (χ1) is 7.08. The summed E-state index contributed by atoms with van der Waals surface area (Å²) in [5.41, 5.74) is 0. The van der Waals surface area contributed by atoms with Gasteiger partial charge in [0.15, 0.2) is 0 Å². The average Bonchev–Trinajstić information content (AvgIpc) is 2.39. The van der Waals surface area contributed by atoms with Crippen LogP contribution in [0.15, 0.2) is 0 Å². The molecule has 1 fully saturated rings. The van der Waals surface area contributed by atoms with Crippen LogP contribution in [-0.2, 0) is 4.74 Å². The minimum absolute atomic E-state index is 0.870. The summed E-state index contributed by atoms with van der Waals surface area (Å²) < 4.78 is 5.84. The third-order valence-electron chi connectivity index (χ3n) is 3.32. The van der Waals surface area contributed by atoms with Crippen LogP contribution in [0.5, 0.6) is 0 Å². The van der Waals surface area contributed by atoms with Crippen molar-refractivity contribution in [1.82, 2.24) is 0 Å². The molecular formula is C13H28OSi. The fraction of sp³-hybridized carbons (Fsp3) is 1.00. The molecule has 0 radical (unpaired) electrons. The lowest BCUT2D eigenvalue weighted by atomic mass is 10.0. The molecule has 0 bridgehead atoms. The summed E-state index contributed by atoms with van der Waals surface area (Å²) in [5.74, 6) is 0.870. The number of ether oxygens (including phenoxy) is 1. The first kappa shape index (κ1) is 13.2. The van der Waals surface area contributed by atoms with E-state index in [-0.39, 0.29) is 0 Å². The van der Waals surface area contributed by atoms with E-state index in [0.717, 1.165) is 19.1 Å². The molecular weight excluding hydrogens is 200 g/mol. The van der Waals surface area contributed by atoms with Crippen LogP contribution in [0.1, 0.15) is 38.5 Å². The maximum Gasteiger partial charge on any atom is 0.0494 e. The fourth-order valence-electron chi connectivity index (χ4n) is 2.16. The van der Waals surface area contributed by atoms with Crippen LogP contribution in [0, 0.1) is 5.92 Å². The SMILES string of the molecule is C[Si](C)(C)CCOCC1CCCCCC1. The summed E-state index contributed by atoms with van der Waals surface area (Å²) >= 11 is 0. The molecule has 0 N–H and O–H groups in total. The van der Waals surface area contributed by atoms with Gasteiger partial charge in [0.2, 0.25) is 0 Å². The van der Waals surface area contributed by atoms with Gasteiger partial charge in [0.25, 0.3) is 0 Å². The highest BCUT2D eigenvalue weighted by molar-refractivity contribution is 6.76. The Bertz CT molecular complexity index is 154. The molecule has 90 valence electrons. The highest BCUT2D eigenvalue weighted by atomic mass is 28.3. The largest absolute Gasteiger partial charge is 0.381 e. The lowest BCUT2D eigenvalue weighted by Crippen LogP contribution is -2.22. The van der Waals surface area contributed by atoms with Gasteiger partial charge < -0.3 is 4.74 Å². The van der Waals surface area contributed by atoms with Crippen molar-refractivity contribution in [2.75, 3.05) is 13.2 Å². The van der Waals surface area contributed by atoms with Crippen molar-refractivity contribution in [3.63, 3.8) is 0 Å². The third-order valence-corrected chi connectivity index (χ3v) is 5.03. The van der Waals surface area contributed by atoms with Crippen LogP contribution in [0.4, 0.5) is 0 Å². The van der Waals surface area contributed by atoms with Gasteiger partial charge in [0, 0.05) is 21.3 Å². The monoisotopic (exact) mass is 228 g/mol. The van der Waals surface area contributed by atoms with Crippen LogP contribution < -0.4 is 0 Å². The number of hydrogen-bond donors (Lipinski definition) is 0. The summed E-state index contributed by atoms with van der Waals surface area (Å²) in [6, 6.07) is 1.32. The minimum atomic E-state index is -0.879. The Hall–Kier alpha value is 0.177. The smallest absolute Gasteiger partial charge is 0.0494 e. The zero-order valence-corrected chi connectivity index (χ0v) is 11.8. The van der Waals surface area contributed by atoms with Crippen molar-refractivity contribution in [2.45, 2.75) is 64.2 Å². The van der Waals surface area contributed by atoms with E-state index in [1.165, 1.54) is 44.6 Å². The van der Waals surface area contributed by atoms with E-state index in [0.29, 0.717) is 0 Å². The Kier molecular flexibility index (Phi) is 5.91. The highest BCUT2D eigenvalue weighted by Crippen LogP contribution is 2.23. The lowest BCUT2D eigenvalue weighted by Gasteiger charge is -2.18. The first-order valence-electron chi connectivity index (χ1n) is 6.66. The molecule has 0 heterocycles. The molecule has 0 aliphatic heterocycles. The predicted molar refractivity (Wildman–Crippen MR) is 70.2 cm³/mol. The standard InChI is InChI=1S/C13H28OSi/c1-15(2,3)11-10-14-12-13-8-6-4-5-7-9-13/h13H,4-12H2,1-3H3. The summed E-state index contributed by atoms with van der Waals surface area (Å²) in [5, 5.41) is 0. The minimum Gasteiger partial charge on any atom is -0.381 e. The van der Waals surface area contributed by atoms with Crippen LogP contribution in [0.2, 0.25) is 25.7 Å². The Morgan fingerprint density at radius 1 is 1.00 bits per heavy atom. The third kappa shape index (κ3) is 7.12. The Labute approximate surface area is 96.6 Å². The van der Waals surface area contributed by atoms with Gasteiger partial charge in [0.1, 0.15) is 0 Å². The Morgan fingerprint density at radius 3 is 2.13 bits per heavy atom. The average molecular weight is 228 g/mol. The van der Waals surface area contributed by atoms with Crippen LogP contribution in [-0.4, -0.2) is 21.3 Å². The van der Waals surface area contributed by atoms with Gasteiger partial charge in [-0.1, -0.05) is 45.3 Å². The molecule has 1 saturated carbocycles.